The van der Waals surface area contributed by atoms with Crippen molar-refractivity contribution in [2.24, 2.45) is 0 Å². The van der Waals surface area contributed by atoms with Crippen LogP contribution in [0.4, 0.5) is 0 Å². The average Bonchev–Trinajstić information content (AvgIpc) is 1.41. The number of hydrogen-bond donors (Lipinski definition) is 0. The predicted octanol–water partition coefficient (Wildman–Crippen LogP) is -3.42. The van der Waals surface area contributed by atoms with Crippen molar-refractivity contribution in [2.75, 3.05) is 0 Å². The molecular weight excluding hydrogens is 250 g/mol. The van der Waals surface area contributed by atoms with Gasteiger partial charge in [-0.3, -0.25) is 0 Å². The van der Waals surface area contributed by atoms with Gasteiger partial charge in [-0.2, -0.15) is 0 Å². The van der Waals surface area contributed by atoms with E-state index in [4.69, 9.17) is 5.58 Å². The van der Waals surface area contributed by atoms with Gasteiger partial charge in [0.15, 0.2) is 0 Å². The molecule has 0 aliphatic rings. The van der Waals surface area contributed by atoms with E-state index in [1.165, 1.54) is 0 Å². The van der Waals surface area contributed by atoms with Crippen molar-refractivity contribution in [3.05, 3.63) is 0 Å². The van der Waals surface area contributed by atoms with Crippen molar-refractivity contribution < 1.29 is 5.58 Å². The zero-order chi connectivity index (χ0) is 4.12. The molecule has 0 rings (SSSR count). The first-order valence-electron chi connectivity index (χ1n) is 1.39. The quantitative estimate of drug-likeness (QED) is 0.480. The van der Waals surface area contributed by atoms with Gasteiger partial charge in [-0.05, 0) is 0 Å². The van der Waals surface area contributed by atoms with Gasteiger partial charge in [0.2, 0.25) is 0 Å². The molecule has 32 valence electrons. The van der Waals surface area contributed by atoms with Gasteiger partial charge in [0.25, 0.3) is 0 Å². The second-order valence-corrected chi connectivity index (χ2v) is 16.2. The third-order valence-corrected chi connectivity index (χ3v) is 6.36. The van der Waals surface area contributed by atoms with Crippen molar-refractivity contribution >= 4 is 49.8 Å². The molecule has 0 radical (unpaired) electrons. The Bertz CT molecular complexity index is 12.4. The Morgan fingerprint density at radius 3 is 1.60 bits per heavy atom. The van der Waals surface area contributed by atoms with Crippen LogP contribution in [0, 0.1) is 0 Å². The van der Waals surface area contributed by atoms with E-state index in [0.717, 1.165) is 0 Å². The maximum atomic E-state index is 4.89. The van der Waals surface area contributed by atoms with Crippen molar-refractivity contribution in [2.45, 2.75) is 0 Å². The third-order valence-electron chi connectivity index (χ3n) is 0.236. The van der Waals surface area contributed by atoms with E-state index in [2.05, 4.69) is 0 Å². The van der Waals surface area contributed by atoms with E-state index >= 15 is 0 Å². The Morgan fingerprint density at radius 1 is 1.20 bits per heavy atom. The van der Waals surface area contributed by atoms with Gasteiger partial charge in [0, 0.05) is 0 Å². The van der Waals surface area contributed by atoms with Crippen molar-refractivity contribution in [3.63, 3.8) is 0 Å². The number of rotatable bonds is 2. The van der Waals surface area contributed by atoms with Crippen LogP contribution in [-0.2, 0) is 5.58 Å². The molecule has 0 atom stereocenters. The van der Waals surface area contributed by atoms with Crippen LogP contribution in [0.25, 0.3) is 0 Å². The van der Waals surface area contributed by atoms with Gasteiger partial charge in [0.05, 0.1) is 0 Å². The molecule has 0 saturated carbocycles. The van der Waals surface area contributed by atoms with Crippen LogP contribution in [0.2, 0.25) is 0 Å². The Hall–Kier alpha value is 1.55. The van der Waals surface area contributed by atoms with Crippen molar-refractivity contribution in [1.29, 1.82) is 0 Å². The predicted molar refractivity (Wildman–Crippen MR) is 30.6 cm³/mol. The van der Waals surface area contributed by atoms with Crippen LogP contribution in [0.3, 0.4) is 0 Å². The summed E-state index contributed by atoms with van der Waals surface area (Å²) in [6, 6.07) is 0. The van der Waals surface area contributed by atoms with Gasteiger partial charge < -0.3 is 0 Å². The van der Waals surface area contributed by atoms with E-state index < -0.39 is 16.1 Å². The molecule has 0 aromatic rings. The molecule has 2 nitrogen and oxygen atoms in total. The summed E-state index contributed by atoms with van der Waals surface area (Å²) in [5.74, 6) is 0. The molecule has 5 heteroatoms. The Kier molecular flexibility index (Phi) is 7.27. The average molecular weight is 258 g/mol. The van der Waals surface area contributed by atoms with E-state index in [9.17, 15) is 0 Å². The second kappa shape index (κ2) is 5.55. The molecule has 0 aromatic heterocycles. The molecular formula is H8Ge3O2. The van der Waals surface area contributed by atoms with Gasteiger partial charge in [-0.15, -0.1) is 0 Å². The monoisotopic (exact) mass is 262 g/mol. The van der Waals surface area contributed by atoms with E-state index in [-0.39, 0.29) is 0 Å². The first kappa shape index (κ1) is 6.55. The summed E-state index contributed by atoms with van der Waals surface area (Å²) in [4.78, 5) is 0. The standard InChI is InChI=1S/Ge3H8O2/c1-4-3-5-2/h3H2,1-2H3. The molecule has 0 fully saturated rings. The molecule has 5 heavy (non-hydrogen) atoms. The van der Waals surface area contributed by atoms with Gasteiger partial charge >= 0.3 is 55.4 Å². The first-order valence-corrected chi connectivity index (χ1v) is 7.24. The van der Waals surface area contributed by atoms with E-state index in [0.29, 0.717) is 33.7 Å². The maximum absolute atomic E-state index is 4.89. The molecule has 0 saturated heterocycles. The minimum absolute atomic E-state index is 0.602. The Balaban J connectivity index is 2.19. The van der Waals surface area contributed by atoms with Crippen LogP contribution in [0.15, 0.2) is 0 Å². The van der Waals surface area contributed by atoms with Crippen molar-refractivity contribution in [1.82, 2.24) is 0 Å². The van der Waals surface area contributed by atoms with Crippen molar-refractivity contribution in [3.8, 4) is 0 Å². The van der Waals surface area contributed by atoms with Gasteiger partial charge in [-0.1, -0.05) is 0 Å². The van der Waals surface area contributed by atoms with Crippen LogP contribution >= 0.6 is 0 Å². The molecule has 0 aliphatic heterocycles. The molecule has 0 aliphatic carbocycles. The van der Waals surface area contributed by atoms with Crippen LogP contribution in [-0.4, -0.2) is 49.8 Å². The van der Waals surface area contributed by atoms with E-state index in [1.807, 2.05) is 0 Å². The Labute approximate surface area is 55.3 Å². The minimum atomic E-state index is -0.736. The summed E-state index contributed by atoms with van der Waals surface area (Å²) in [5.41, 5.74) is 0. The number of hydrogen-bond acceptors (Lipinski definition) is 2. The third kappa shape index (κ3) is 5.55. The zero-order valence-corrected chi connectivity index (χ0v) is 14.9. The summed E-state index contributed by atoms with van der Waals surface area (Å²) in [6.45, 7) is 0. The SMILES string of the molecule is [GeH3][O][GeH2][O][GeH3]. The molecule has 0 amide bonds. The molecule has 0 unspecified atom stereocenters. The molecule has 0 heterocycles. The summed E-state index contributed by atoms with van der Waals surface area (Å²) in [7, 11) is 0. The summed E-state index contributed by atoms with van der Waals surface area (Å²) in [6.07, 6.45) is 0. The summed E-state index contributed by atoms with van der Waals surface area (Å²) >= 11 is 0.469. The Morgan fingerprint density at radius 2 is 1.60 bits per heavy atom. The fraction of sp³-hybridized carbons (Fsp3) is 0. The van der Waals surface area contributed by atoms with Crippen LogP contribution in [0.5, 0.6) is 0 Å². The fourth-order valence-electron chi connectivity index (χ4n) is 0.118. The summed E-state index contributed by atoms with van der Waals surface area (Å²) in [5, 5.41) is 0. The molecule has 0 spiro atoms. The van der Waals surface area contributed by atoms with Crippen LogP contribution in [0.1, 0.15) is 0 Å². The molecule has 0 aromatic carbocycles. The van der Waals surface area contributed by atoms with E-state index in [1.54, 1.807) is 0 Å². The zero-order valence-electron chi connectivity index (χ0n) is 3.52. The topological polar surface area (TPSA) is 18.5 Å². The summed E-state index contributed by atoms with van der Waals surface area (Å²) < 4.78 is 9.78. The normalized spacial score (nSPS) is 12.0. The van der Waals surface area contributed by atoms with Crippen LogP contribution < -0.4 is 0 Å². The first-order chi connectivity index (χ1) is 2.41. The molecule has 0 N–H and O–H groups in total. The molecule has 0 bridgehead atoms. The second-order valence-electron chi connectivity index (χ2n) is 0.695. The van der Waals surface area contributed by atoms with Gasteiger partial charge in [-0.25, -0.2) is 0 Å². The van der Waals surface area contributed by atoms with Gasteiger partial charge in [0.1, 0.15) is 0 Å². The fourth-order valence-corrected chi connectivity index (χ4v) is 16.5.